The summed E-state index contributed by atoms with van der Waals surface area (Å²) in [7, 11) is 0. The number of morpholine rings is 1. The van der Waals surface area contributed by atoms with E-state index in [4.69, 9.17) is 9.84 Å². The van der Waals surface area contributed by atoms with Gasteiger partial charge in [0.25, 0.3) is 5.91 Å². The second-order valence-corrected chi connectivity index (χ2v) is 4.50. The zero-order chi connectivity index (χ0) is 13.0. The van der Waals surface area contributed by atoms with E-state index in [1.165, 1.54) is 0 Å². The second kappa shape index (κ2) is 5.98. The van der Waals surface area contributed by atoms with E-state index < -0.39 is 6.10 Å². The first-order chi connectivity index (χ1) is 8.74. The predicted octanol–water partition coefficient (Wildman–Crippen LogP) is 1.50. The van der Waals surface area contributed by atoms with Crippen LogP contribution in [0.25, 0.3) is 0 Å². The number of rotatable bonds is 4. The number of anilines is 1. The van der Waals surface area contributed by atoms with Crippen LogP contribution in [0.5, 0.6) is 0 Å². The van der Waals surface area contributed by atoms with Gasteiger partial charge in [0.15, 0.2) is 0 Å². The number of nitrogens with zero attached hydrogens (tertiary/aromatic N) is 1. The van der Waals surface area contributed by atoms with Crippen molar-refractivity contribution in [1.82, 2.24) is 0 Å². The summed E-state index contributed by atoms with van der Waals surface area (Å²) in [6, 6.07) is 7.86. The average molecular weight is 249 g/mol. The maximum atomic E-state index is 12.3. The van der Waals surface area contributed by atoms with Gasteiger partial charge in [0.05, 0.1) is 6.61 Å². The summed E-state index contributed by atoms with van der Waals surface area (Å²) in [5.41, 5.74) is 2.05. The Morgan fingerprint density at radius 3 is 2.94 bits per heavy atom. The van der Waals surface area contributed by atoms with Crippen LogP contribution in [0.3, 0.4) is 0 Å². The first-order valence-corrected chi connectivity index (χ1v) is 6.33. The summed E-state index contributed by atoms with van der Waals surface area (Å²) in [4.78, 5) is 14.1. The number of carbonyl (C=O) groups excluding carboxylic acids is 1. The van der Waals surface area contributed by atoms with Gasteiger partial charge in [-0.25, -0.2) is 0 Å². The van der Waals surface area contributed by atoms with Crippen molar-refractivity contribution in [2.24, 2.45) is 0 Å². The summed E-state index contributed by atoms with van der Waals surface area (Å²) in [6.45, 7) is 3.24. The molecule has 1 fully saturated rings. The van der Waals surface area contributed by atoms with E-state index in [0.29, 0.717) is 26.0 Å². The molecule has 4 nitrogen and oxygen atoms in total. The molecule has 0 saturated carbocycles. The van der Waals surface area contributed by atoms with Crippen LogP contribution in [0, 0.1) is 6.92 Å². The Morgan fingerprint density at radius 1 is 1.44 bits per heavy atom. The van der Waals surface area contributed by atoms with Gasteiger partial charge in [-0.3, -0.25) is 4.79 Å². The molecule has 1 aromatic rings. The van der Waals surface area contributed by atoms with Gasteiger partial charge in [-0.15, -0.1) is 0 Å². The minimum Gasteiger partial charge on any atom is -0.396 e. The van der Waals surface area contributed by atoms with Gasteiger partial charge in [-0.05, 0) is 31.4 Å². The van der Waals surface area contributed by atoms with Crippen molar-refractivity contribution < 1.29 is 14.6 Å². The molecule has 4 heteroatoms. The molecule has 1 unspecified atom stereocenters. The summed E-state index contributed by atoms with van der Waals surface area (Å²) in [6.07, 6.45) is 0.765. The van der Waals surface area contributed by atoms with Gasteiger partial charge in [0.2, 0.25) is 0 Å². The third-order valence-electron chi connectivity index (χ3n) is 3.21. The fourth-order valence-corrected chi connectivity index (χ4v) is 2.23. The van der Waals surface area contributed by atoms with E-state index in [1.54, 1.807) is 4.90 Å². The average Bonchev–Trinajstić information content (AvgIpc) is 2.39. The monoisotopic (exact) mass is 249 g/mol. The van der Waals surface area contributed by atoms with Crippen LogP contribution in [0.1, 0.15) is 18.4 Å². The molecule has 2 rings (SSSR count). The van der Waals surface area contributed by atoms with E-state index in [-0.39, 0.29) is 12.5 Å². The minimum atomic E-state index is -0.412. The first-order valence-electron chi connectivity index (χ1n) is 6.33. The predicted molar refractivity (Wildman–Crippen MR) is 69.6 cm³/mol. The van der Waals surface area contributed by atoms with Gasteiger partial charge < -0.3 is 14.7 Å². The Kier molecular flexibility index (Phi) is 4.33. The zero-order valence-corrected chi connectivity index (χ0v) is 10.6. The summed E-state index contributed by atoms with van der Waals surface area (Å²) < 4.78 is 5.48. The van der Waals surface area contributed by atoms with Crippen LogP contribution < -0.4 is 4.90 Å². The molecule has 1 aromatic carbocycles. The Bertz CT molecular complexity index is 419. The Labute approximate surface area is 107 Å². The standard InChI is InChI=1S/C14H19NO3/c1-11-5-2-3-6-12(11)15-8-10-18-13(14(15)17)7-4-9-16/h2-3,5-6,13,16H,4,7-10H2,1H3. The topological polar surface area (TPSA) is 49.8 Å². The van der Waals surface area contributed by atoms with Crippen molar-refractivity contribution in [3.63, 3.8) is 0 Å². The smallest absolute Gasteiger partial charge is 0.256 e. The Hall–Kier alpha value is -1.39. The fourth-order valence-electron chi connectivity index (χ4n) is 2.23. The molecule has 0 spiro atoms. The second-order valence-electron chi connectivity index (χ2n) is 4.50. The highest BCUT2D eigenvalue weighted by Gasteiger charge is 2.30. The van der Waals surface area contributed by atoms with Crippen LogP contribution >= 0.6 is 0 Å². The Morgan fingerprint density at radius 2 is 2.22 bits per heavy atom. The number of aliphatic hydroxyl groups excluding tert-OH is 1. The molecule has 1 saturated heterocycles. The summed E-state index contributed by atoms with van der Waals surface area (Å²) in [5, 5.41) is 8.83. The molecule has 0 bridgehead atoms. The third kappa shape index (κ3) is 2.71. The molecule has 1 aliphatic heterocycles. The number of aliphatic hydroxyl groups is 1. The highest BCUT2D eigenvalue weighted by molar-refractivity contribution is 5.97. The van der Waals surface area contributed by atoms with Crippen molar-refractivity contribution in [1.29, 1.82) is 0 Å². The molecular formula is C14H19NO3. The SMILES string of the molecule is Cc1ccccc1N1CCOC(CCCO)C1=O. The minimum absolute atomic E-state index is 0.00370. The summed E-state index contributed by atoms with van der Waals surface area (Å²) in [5.74, 6) is 0.00370. The first kappa shape index (κ1) is 13.1. The molecule has 0 aromatic heterocycles. The molecule has 1 amide bonds. The molecule has 98 valence electrons. The molecule has 18 heavy (non-hydrogen) atoms. The van der Waals surface area contributed by atoms with Crippen LogP contribution in [-0.4, -0.2) is 36.9 Å². The number of carbonyl (C=O) groups is 1. The van der Waals surface area contributed by atoms with E-state index in [0.717, 1.165) is 11.3 Å². The van der Waals surface area contributed by atoms with E-state index in [1.807, 2.05) is 31.2 Å². The van der Waals surface area contributed by atoms with Gasteiger partial charge in [0, 0.05) is 18.8 Å². The molecule has 1 atom stereocenters. The lowest BCUT2D eigenvalue weighted by Gasteiger charge is -2.33. The number of benzene rings is 1. The van der Waals surface area contributed by atoms with Gasteiger partial charge in [-0.1, -0.05) is 18.2 Å². The van der Waals surface area contributed by atoms with Crippen LogP contribution in [-0.2, 0) is 9.53 Å². The molecule has 0 aliphatic carbocycles. The number of aryl methyl sites for hydroxylation is 1. The zero-order valence-electron chi connectivity index (χ0n) is 10.6. The largest absolute Gasteiger partial charge is 0.396 e. The molecule has 1 heterocycles. The van der Waals surface area contributed by atoms with E-state index >= 15 is 0 Å². The van der Waals surface area contributed by atoms with Crippen molar-refractivity contribution in [3.8, 4) is 0 Å². The highest BCUT2D eigenvalue weighted by atomic mass is 16.5. The van der Waals surface area contributed by atoms with Gasteiger partial charge >= 0.3 is 0 Å². The van der Waals surface area contributed by atoms with E-state index in [9.17, 15) is 4.79 Å². The van der Waals surface area contributed by atoms with Gasteiger partial charge in [0.1, 0.15) is 6.10 Å². The van der Waals surface area contributed by atoms with Crippen LogP contribution in [0.4, 0.5) is 5.69 Å². The number of hydrogen-bond acceptors (Lipinski definition) is 3. The molecule has 1 aliphatic rings. The summed E-state index contributed by atoms with van der Waals surface area (Å²) >= 11 is 0. The van der Waals surface area contributed by atoms with Crippen molar-refractivity contribution >= 4 is 11.6 Å². The maximum absolute atomic E-state index is 12.3. The van der Waals surface area contributed by atoms with Crippen LogP contribution in [0.2, 0.25) is 0 Å². The maximum Gasteiger partial charge on any atom is 0.256 e. The van der Waals surface area contributed by atoms with Gasteiger partial charge in [-0.2, -0.15) is 0 Å². The molecule has 1 N–H and O–H groups in total. The number of ether oxygens (including phenoxy) is 1. The number of hydrogen-bond donors (Lipinski definition) is 1. The normalized spacial score (nSPS) is 20.2. The lowest BCUT2D eigenvalue weighted by atomic mass is 10.1. The van der Waals surface area contributed by atoms with Crippen molar-refractivity contribution in [2.45, 2.75) is 25.9 Å². The quantitative estimate of drug-likeness (QED) is 0.879. The lowest BCUT2D eigenvalue weighted by Crippen LogP contribution is -2.48. The number of amides is 1. The van der Waals surface area contributed by atoms with Crippen molar-refractivity contribution in [3.05, 3.63) is 29.8 Å². The lowest BCUT2D eigenvalue weighted by molar-refractivity contribution is -0.134. The van der Waals surface area contributed by atoms with E-state index in [2.05, 4.69) is 0 Å². The molecule has 0 radical (unpaired) electrons. The highest BCUT2D eigenvalue weighted by Crippen LogP contribution is 2.23. The molecular weight excluding hydrogens is 230 g/mol. The van der Waals surface area contributed by atoms with Crippen LogP contribution in [0.15, 0.2) is 24.3 Å². The third-order valence-corrected chi connectivity index (χ3v) is 3.21. The fraction of sp³-hybridized carbons (Fsp3) is 0.500. The number of para-hydroxylation sites is 1. The van der Waals surface area contributed by atoms with Crippen molar-refractivity contribution in [2.75, 3.05) is 24.7 Å². The Balaban J connectivity index is 2.14.